The van der Waals surface area contributed by atoms with Gasteiger partial charge in [0.1, 0.15) is 5.75 Å². The number of nitro benzene ring substituents is 1. The number of ether oxygens (including phenoxy) is 2. The van der Waals surface area contributed by atoms with Gasteiger partial charge in [-0.3, -0.25) is 19.8 Å². The number of amides is 1. The number of nitrogens with zero attached hydrogens (tertiary/aromatic N) is 2. The van der Waals surface area contributed by atoms with Crippen LogP contribution >= 0.6 is 0 Å². The summed E-state index contributed by atoms with van der Waals surface area (Å²) in [6.45, 7) is 3.23. The van der Waals surface area contributed by atoms with Crippen molar-refractivity contribution in [2.75, 3.05) is 40.0 Å². The molecule has 1 aromatic heterocycles. The van der Waals surface area contributed by atoms with Gasteiger partial charge in [-0.25, -0.2) is 0 Å². The molecule has 31 heavy (non-hydrogen) atoms. The summed E-state index contributed by atoms with van der Waals surface area (Å²) in [7, 11) is 1.63. The topological polar surface area (TPSA) is 110 Å². The molecule has 1 unspecified atom stereocenters. The van der Waals surface area contributed by atoms with Gasteiger partial charge in [0.05, 0.1) is 36.9 Å². The zero-order chi connectivity index (χ0) is 21.8. The van der Waals surface area contributed by atoms with Gasteiger partial charge in [0.25, 0.3) is 11.6 Å². The molecule has 1 fully saturated rings. The molecule has 1 amide bonds. The number of hydrogen-bond acceptors (Lipinski definition) is 6. The number of benzene rings is 2. The number of nitro groups is 1. The lowest BCUT2D eigenvalue weighted by Crippen LogP contribution is -2.43. The second-order valence-electron chi connectivity index (χ2n) is 7.34. The molecule has 3 aromatic rings. The third kappa shape index (κ3) is 4.52. The van der Waals surface area contributed by atoms with Crippen LogP contribution in [0.5, 0.6) is 5.75 Å². The minimum Gasteiger partial charge on any atom is -0.497 e. The maximum Gasteiger partial charge on any atom is 0.270 e. The van der Waals surface area contributed by atoms with Crippen LogP contribution in [0.15, 0.2) is 48.7 Å². The molecule has 0 aliphatic carbocycles. The number of methoxy groups -OCH3 is 1. The van der Waals surface area contributed by atoms with E-state index in [9.17, 15) is 14.9 Å². The van der Waals surface area contributed by atoms with E-state index in [2.05, 4.69) is 15.2 Å². The van der Waals surface area contributed by atoms with Crippen molar-refractivity contribution in [1.82, 2.24) is 15.2 Å². The zero-order valence-corrected chi connectivity index (χ0v) is 17.2. The standard InChI is InChI=1S/C22H24N4O5/c1-30-17-5-2-15(3-6-17)21(25-8-10-31-11-9-25)14-24-22(27)19-13-23-20-7-4-16(26(28)29)12-18(19)20/h2-7,12-13,21,23H,8-11,14H2,1H3,(H,24,27). The van der Waals surface area contributed by atoms with Crippen molar-refractivity contribution < 1.29 is 19.2 Å². The van der Waals surface area contributed by atoms with Gasteiger partial charge in [-0.2, -0.15) is 0 Å². The number of fused-ring (bicyclic) bond motifs is 1. The molecule has 1 aliphatic heterocycles. The highest BCUT2D eigenvalue weighted by molar-refractivity contribution is 6.07. The van der Waals surface area contributed by atoms with Gasteiger partial charge >= 0.3 is 0 Å². The molecule has 0 radical (unpaired) electrons. The first-order chi connectivity index (χ1) is 15.1. The Kier molecular flexibility index (Phi) is 6.15. The smallest absolute Gasteiger partial charge is 0.270 e. The van der Waals surface area contributed by atoms with Crippen LogP contribution in [0.4, 0.5) is 5.69 Å². The molecular weight excluding hydrogens is 400 g/mol. The summed E-state index contributed by atoms with van der Waals surface area (Å²) < 4.78 is 10.7. The molecule has 162 valence electrons. The number of morpholine rings is 1. The van der Waals surface area contributed by atoms with E-state index in [4.69, 9.17) is 9.47 Å². The zero-order valence-electron chi connectivity index (χ0n) is 17.2. The van der Waals surface area contributed by atoms with Gasteiger partial charge in [0.15, 0.2) is 0 Å². The lowest BCUT2D eigenvalue weighted by atomic mass is 10.0. The summed E-state index contributed by atoms with van der Waals surface area (Å²) in [4.78, 5) is 28.9. The number of aromatic amines is 1. The Bertz CT molecular complexity index is 1070. The Morgan fingerprint density at radius 3 is 2.68 bits per heavy atom. The summed E-state index contributed by atoms with van der Waals surface area (Å²) in [5, 5.41) is 14.6. The van der Waals surface area contributed by atoms with Gasteiger partial charge in [-0.15, -0.1) is 0 Å². The van der Waals surface area contributed by atoms with Crippen LogP contribution in [0, 0.1) is 10.1 Å². The summed E-state index contributed by atoms with van der Waals surface area (Å²) in [5.74, 6) is 0.493. The van der Waals surface area contributed by atoms with Crippen molar-refractivity contribution in [3.8, 4) is 5.75 Å². The van der Waals surface area contributed by atoms with Crippen molar-refractivity contribution in [3.05, 3.63) is 69.9 Å². The first kappa shape index (κ1) is 20.8. The monoisotopic (exact) mass is 424 g/mol. The van der Waals surface area contributed by atoms with Crippen LogP contribution in [0.25, 0.3) is 10.9 Å². The summed E-state index contributed by atoms with van der Waals surface area (Å²) >= 11 is 0. The predicted octanol–water partition coefficient (Wildman–Crippen LogP) is 2.89. The first-order valence-electron chi connectivity index (χ1n) is 10.1. The maximum atomic E-state index is 13.0. The molecule has 0 saturated carbocycles. The fraction of sp³-hybridized carbons (Fsp3) is 0.318. The number of rotatable bonds is 7. The van der Waals surface area contributed by atoms with E-state index >= 15 is 0 Å². The largest absolute Gasteiger partial charge is 0.497 e. The first-order valence-corrected chi connectivity index (χ1v) is 10.1. The molecule has 2 aromatic carbocycles. The summed E-state index contributed by atoms with van der Waals surface area (Å²) in [6.07, 6.45) is 1.58. The lowest BCUT2D eigenvalue weighted by molar-refractivity contribution is -0.384. The average molecular weight is 424 g/mol. The maximum absolute atomic E-state index is 13.0. The van der Waals surface area contributed by atoms with E-state index in [1.807, 2.05) is 24.3 Å². The van der Waals surface area contributed by atoms with Gasteiger partial charge in [0.2, 0.25) is 0 Å². The predicted molar refractivity (Wildman–Crippen MR) is 115 cm³/mol. The average Bonchev–Trinajstić information content (AvgIpc) is 3.23. The Labute approximate surface area is 179 Å². The van der Waals surface area contributed by atoms with E-state index in [-0.39, 0.29) is 17.6 Å². The Morgan fingerprint density at radius 1 is 1.26 bits per heavy atom. The normalized spacial score (nSPS) is 15.5. The number of carbonyl (C=O) groups is 1. The molecule has 0 bridgehead atoms. The Balaban J connectivity index is 1.54. The minimum atomic E-state index is -0.466. The lowest BCUT2D eigenvalue weighted by Gasteiger charge is -2.35. The molecule has 4 rings (SSSR count). The SMILES string of the molecule is COc1ccc(C(CNC(=O)c2c[nH]c3ccc([N+](=O)[O-])cc23)N2CCOCC2)cc1. The Hall–Kier alpha value is -3.43. The van der Waals surface area contributed by atoms with Gasteiger partial charge < -0.3 is 19.8 Å². The fourth-order valence-corrected chi connectivity index (χ4v) is 3.87. The number of H-pyrrole nitrogens is 1. The van der Waals surface area contributed by atoms with E-state index in [1.54, 1.807) is 19.4 Å². The number of hydrogen-bond donors (Lipinski definition) is 2. The molecule has 1 atom stereocenters. The molecule has 1 aliphatic rings. The molecule has 2 heterocycles. The van der Waals surface area contributed by atoms with Crippen LogP contribution in [-0.2, 0) is 4.74 Å². The van der Waals surface area contributed by atoms with Crippen molar-refractivity contribution in [3.63, 3.8) is 0 Å². The number of non-ortho nitro benzene ring substituents is 1. The van der Waals surface area contributed by atoms with E-state index in [0.717, 1.165) is 24.4 Å². The summed E-state index contributed by atoms with van der Waals surface area (Å²) in [5.41, 5.74) is 2.08. The van der Waals surface area contributed by atoms with Crippen LogP contribution in [0.2, 0.25) is 0 Å². The minimum absolute atomic E-state index is 0.0294. The molecule has 9 heteroatoms. The number of nitrogens with one attached hydrogen (secondary N) is 2. The van der Waals surface area contributed by atoms with Crippen LogP contribution in [-0.4, -0.2) is 60.7 Å². The van der Waals surface area contributed by atoms with E-state index in [1.165, 1.54) is 12.1 Å². The molecule has 9 nitrogen and oxygen atoms in total. The third-order valence-corrected chi connectivity index (χ3v) is 5.56. The highest BCUT2D eigenvalue weighted by Crippen LogP contribution is 2.26. The number of aromatic nitrogens is 1. The number of carbonyl (C=O) groups excluding carboxylic acids is 1. The quantitative estimate of drug-likeness (QED) is 0.446. The van der Waals surface area contributed by atoms with Gasteiger partial charge in [-0.05, 0) is 23.8 Å². The second kappa shape index (κ2) is 9.15. The third-order valence-electron chi connectivity index (χ3n) is 5.56. The fourth-order valence-electron chi connectivity index (χ4n) is 3.87. The molecule has 0 spiro atoms. The van der Waals surface area contributed by atoms with Crippen molar-refractivity contribution in [2.45, 2.75) is 6.04 Å². The van der Waals surface area contributed by atoms with Gasteiger partial charge in [-0.1, -0.05) is 12.1 Å². The van der Waals surface area contributed by atoms with Crippen molar-refractivity contribution in [1.29, 1.82) is 0 Å². The van der Waals surface area contributed by atoms with Crippen LogP contribution < -0.4 is 10.1 Å². The molecule has 2 N–H and O–H groups in total. The molecular formula is C22H24N4O5. The van der Waals surface area contributed by atoms with Gasteiger partial charge in [0, 0.05) is 48.9 Å². The second-order valence-corrected chi connectivity index (χ2v) is 7.34. The van der Waals surface area contributed by atoms with Crippen LogP contribution in [0.1, 0.15) is 22.0 Å². The Morgan fingerprint density at radius 2 is 2.00 bits per heavy atom. The van der Waals surface area contributed by atoms with E-state index in [0.29, 0.717) is 36.2 Å². The highest BCUT2D eigenvalue weighted by atomic mass is 16.6. The van der Waals surface area contributed by atoms with E-state index < -0.39 is 4.92 Å². The molecule has 1 saturated heterocycles. The van der Waals surface area contributed by atoms with Crippen molar-refractivity contribution >= 4 is 22.5 Å². The highest BCUT2D eigenvalue weighted by Gasteiger charge is 2.24. The summed E-state index contributed by atoms with van der Waals surface area (Å²) in [6, 6.07) is 12.2. The van der Waals surface area contributed by atoms with Crippen molar-refractivity contribution in [2.24, 2.45) is 0 Å². The van der Waals surface area contributed by atoms with Crippen LogP contribution in [0.3, 0.4) is 0 Å².